The van der Waals surface area contributed by atoms with Crippen molar-refractivity contribution < 1.29 is 9.59 Å². The molecular weight excluding hydrogens is 178 g/mol. The minimum atomic E-state index is -0.108. The Kier molecular flexibility index (Phi) is 3.44. The molecular formula is C11H17NO2. The van der Waals surface area contributed by atoms with Crippen molar-refractivity contribution in [3.05, 3.63) is 11.1 Å². The molecule has 14 heavy (non-hydrogen) atoms. The molecule has 1 heterocycles. The standard InChI is InChI=1S/C11H17NO2/c1-4-5-6-7-12-10(13)8(2)9(3)11(12)14/h4-7H2,1-3H3. The molecule has 0 fully saturated rings. The van der Waals surface area contributed by atoms with E-state index in [0.29, 0.717) is 17.7 Å². The highest BCUT2D eigenvalue weighted by Gasteiger charge is 2.32. The minimum Gasteiger partial charge on any atom is -0.275 e. The summed E-state index contributed by atoms with van der Waals surface area (Å²) >= 11 is 0. The highest BCUT2D eigenvalue weighted by Crippen LogP contribution is 2.19. The fourth-order valence-corrected chi connectivity index (χ4v) is 1.54. The van der Waals surface area contributed by atoms with Gasteiger partial charge in [0.2, 0.25) is 0 Å². The first-order valence-electron chi connectivity index (χ1n) is 5.13. The van der Waals surface area contributed by atoms with Gasteiger partial charge in [0, 0.05) is 17.7 Å². The molecule has 1 aliphatic heterocycles. The third-order valence-electron chi connectivity index (χ3n) is 2.68. The lowest BCUT2D eigenvalue weighted by molar-refractivity contribution is -0.137. The van der Waals surface area contributed by atoms with Gasteiger partial charge in [-0.2, -0.15) is 0 Å². The van der Waals surface area contributed by atoms with E-state index in [1.54, 1.807) is 13.8 Å². The molecule has 0 aromatic rings. The molecule has 0 saturated heterocycles. The Hall–Kier alpha value is -1.12. The van der Waals surface area contributed by atoms with Gasteiger partial charge in [-0.1, -0.05) is 19.8 Å². The van der Waals surface area contributed by atoms with Crippen molar-refractivity contribution in [2.75, 3.05) is 6.54 Å². The first kappa shape index (κ1) is 11.0. The second kappa shape index (κ2) is 4.40. The normalized spacial score (nSPS) is 17.2. The first-order valence-corrected chi connectivity index (χ1v) is 5.13. The van der Waals surface area contributed by atoms with Crippen molar-refractivity contribution in [1.82, 2.24) is 4.90 Å². The summed E-state index contributed by atoms with van der Waals surface area (Å²) in [4.78, 5) is 24.5. The summed E-state index contributed by atoms with van der Waals surface area (Å²) in [5, 5.41) is 0. The summed E-state index contributed by atoms with van der Waals surface area (Å²) in [5.41, 5.74) is 1.21. The molecule has 1 rings (SSSR count). The maximum Gasteiger partial charge on any atom is 0.256 e. The van der Waals surface area contributed by atoms with Crippen LogP contribution in [0.5, 0.6) is 0 Å². The molecule has 0 aliphatic carbocycles. The largest absolute Gasteiger partial charge is 0.275 e. The quantitative estimate of drug-likeness (QED) is 0.507. The Morgan fingerprint density at radius 3 is 1.93 bits per heavy atom. The van der Waals surface area contributed by atoms with Crippen LogP contribution in [0, 0.1) is 0 Å². The van der Waals surface area contributed by atoms with E-state index in [2.05, 4.69) is 6.92 Å². The number of hydrogen-bond donors (Lipinski definition) is 0. The number of carbonyl (C=O) groups is 2. The summed E-state index contributed by atoms with van der Waals surface area (Å²) in [6, 6.07) is 0. The second-order valence-electron chi connectivity index (χ2n) is 3.72. The number of nitrogens with zero attached hydrogens (tertiary/aromatic N) is 1. The first-order chi connectivity index (χ1) is 6.59. The fourth-order valence-electron chi connectivity index (χ4n) is 1.54. The van der Waals surface area contributed by atoms with E-state index in [1.807, 2.05) is 0 Å². The predicted molar refractivity (Wildman–Crippen MR) is 54.6 cm³/mol. The molecule has 0 aromatic carbocycles. The van der Waals surface area contributed by atoms with Crippen molar-refractivity contribution in [1.29, 1.82) is 0 Å². The van der Waals surface area contributed by atoms with Crippen LogP contribution in [0.25, 0.3) is 0 Å². The van der Waals surface area contributed by atoms with Crippen LogP contribution in [-0.4, -0.2) is 23.3 Å². The third-order valence-corrected chi connectivity index (χ3v) is 2.68. The van der Waals surface area contributed by atoms with Crippen molar-refractivity contribution in [2.45, 2.75) is 40.0 Å². The number of rotatable bonds is 4. The zero-order chi connectivity index (χ0) is 10.7. The summed E-state index contributed by atoms with van der Waals surface area (Å²) in [5.74, 6) is -0.216. The van der Waals surface area contributed by atoms with Crippen LogP contribution < -0.4 is 0 Å². The Bertz CT molecular complexity index is 268. The fraction of sp³-hybridized carbons (Fsp3) is 0.636. The van der Waals surface area contributed by atoms with Gasteiger partial charge >= 0.3 is 0 Å². The number of carbonyl (C=O) groups excluding carboxylic acids is 2. The van der Waals surface area contributed by atoms with E-state index in [0.717, 1.165) is 19.3 Å². The SMILES string of the molecule is CCCCCN1C(=O)C(C)=C(C)C1=O. The second-order valence-corrected chi connectivity index (χ2v) is 3.72. The lowest BCUT2D eigenvalue weighted by Crippen LogP contribution is -2.32. The molecule has 1 aliphatic rings. The molecule has 3 nitrogen and oxygen atoms in total. The Morgan fingerprint density at radius 2 is 1.50 bits per heavy atom. The molecule has 2 amide bonds. The monoisotopic (exact) mass is 195 g/mol. The maximum atomic E-state index is 11.6. The van der Waals surface area contributed by atoms with Gasteiger partial charge in [-0.15, -0.1) is 0 Å². The van der Waals surface area contributed by atoms with E-state index in [-0.39, 0.29) is 11.8 Å². The average molecular weight is 195 g/mol. The third kappa shape index (κ3) is 1.86. The summed E-state index contributed by atoms with van der Waals surface area (Å²) in [7, 11) is 0. The molecule has 0 atom stereocenters. The van der Waals surface area contributed by atoms with Crippen molar-refractivity contribution in [3.8, 4) is 0 Å². The lowest BCUT2D eigenvalue weighted by atomic mass is 10.2. The van der Waals surface area contributed by atoms with Crippen LogP contribution >= 0.6 is 0 Å². The minimum absolute atomic E-state index is 0.108. The summed E-state index contributed by atoms with van der Waals surface area (Å²) < 4.78 is 0. The summed E-state index contributed by atoms with van der Waals surface area (Å²) in [6.07, 6.45) is 3.07. The molecule has 0 N–H and O–H groups in total. The predicted octanol–water partition coefficient (Wildman–Crippen LogP) is 1.88. The topological polar surface area (TPSA) is 37.4 Å². The van der Waals surface area contributed by atoms with Gasteiger partial charge in [-0.3, -0.25) is 14.5 Å². The molecule has 0 saturated carbocycles. The van der Waals surface area contributed by atoms with Gasteiger partial charge < -0.3 is 0 Å². The molecule has 78 valence electrons. The van der Waals surface area contributed by atoms with E-state index in [1.165, 1.54) is 4.90 Å². The smallest absolute Gasteiger partial charge is 0.256 e. The van der Waals surface area contributed by atoms with Crippen LogP contribution in [0.15, 0.2) is 11.1 Å². The van der Waals surface area contributed by atoms with Crippen LogP contribution in [0.2, 0.25) is 0 Å². The van der Waals surface area contributed by atoms with Gasteiger partial charge in [0.15, 0.2) is 0 Å². The highest BCUT2D eigenvalue weighted by atomic mass is 16.2. The van der Waals surface area contributed by atoms with E-state index < -0.39 is 0 Å². The molecule has 0 spiro atoms. The van der Waals surface area contributed by atoms with Gasteiger partial charge in [-0.25, -0.2) is 0 Å². The number of hydrogen-bond acceptors (Lipinski definition) is 2. The van der Waals surface area contributed by atoms with Crippen molar-refractivity contribution in [3.63, 3.8) is 0 Å². The van der Waals surface area contributed by atoms with Crippen molar-refractivity contribution in [2.24, 2.45) is 0 Å². The molecule has 3 heteroatoms. The Labute approximate surface area is 84.8 Å². The molecule has 0 bridgehead atoms. The van der Waals surface area contributed by atoms with Crippen LogP contribution in [0.3, 0.4) is 0 Å². The van der Waals surface area contributed by atoms with Gasteiger partial charge in [0.1, 0.15) is 0 Å². The number of amides is 2. The number of unbranched alkanes of at least 4 members (excludes halogenated alkanes) is 2. The lowest BCUT2D eigenvalue weighted by Gasteiger charge is -2.13. The Morgan fingerprint density at radius 1 is 1.00 bits per heavy atom. The summed E-state index contributed by atoms with van der Waals surface area (Å²) in [6.45, 7) is 6.10. The van der Waals surface area contributed by atoms with Gasteiger partial charge in [-0.05, 0) is 20.3 Å². The zero-order valence-electron chi connectivity index (χ0n) is 9.09. The van der Waals surface area contributed by atoms with Gasteiger partial charge in [0.25, 0.3) is 11.8 Å². The molecule has 0 aromatic heterocycles. The maximum absolute atomic E-state index is 11.6. The zero-order valence-corrected chi connectivity index (χ0v) is 9.09. The van der Waals surface area contributed by atoms with Gasteiger partial charge in [0.05, 0.1) is 0 Å². The highest BCUT2D eigenvalue weighted by molar-refractivity contribution is 6.18. The number of imide groups is 1. The average Bonchev–Trinajstić information content (AvgIpc) is 2.35. The van der Waals surface area contributed by atoms with Crippen LogP contribution in [0.1, 0.15) is 40.0 Å². The van der Waals surface area contributed by atoms with Crippen molar-refractivity contribution >= 4 is 11.8 Å². The van der Waals surface area contributed by atoms with Crippen LogP contribution in [0.4, 0.5) is 0 Å². The van der Waals surface area contributed by atoms with E-state index >= 15 is 0 Å². The molecule has 0 radical (unpaired) electrons. The van der Waals surface area contributed by atoms with Crippen LogP contribution in [-0.2, 0) is 9.59 Å². The van der Waals surface area contributed by atoms with E-state index in [4.69, 9.17) is 0 Å². The Balaban J connectivity index is 2.58. The van der Waals surface area contributed by atoms with E-state index in [9.17, 15) is 9.59 Å². The molecule has 0 unspecified atom stereocenters.